The van der Waals surface area contributed by atoms with E-state index < -0.39 is 0 Å². The van der Waals surface area contributed by atoms with Crippen LogP contribution in [-0.4, -0.2) is 61.1 Å². The van der Waals surface area contributed by atoms with E-state index in [0.29, 0.717) is 25.3 Å². The van der Waals surface area contributed by atoms with Gasteiger partial charge >= 0.3 is 5.97 Å². The fraction of sp³-hybridized carbons (Fsp3) is 0.870. The number of halogens is 1. The van der Waals surface area contributed by atoms with Crippen LogP contribution in [0.3, 0.4) is 0 Å². The third-order valence-corrected chi connectivity index (χ3v) is 6.55. The molecule has 7 nitrogen and oxygen atoms in total. The number of ether oxygens (including phenoxy) is 1. The molecule has 1 heterocycles. The number of carbonyl (C=O) groups is 2. The van der Waals surface area contributed by atoms with Crippen LogP contribution in [0.15, 0.2) is 4.99 Å². The molecule has 1 unspecified atom stereocenters. The Morgan fingerprint density at radius 2 is 1.74 bits per heavy atom. The molecule has 1 aliphatic heterocycles. The van der Waals surface area contributed by atoms with Gasteiger partial charge in [-0.1, -0.05) is 19.3 Å². The van der Waals surface area contributed by atoms with Gasteiger partial charge in [-0.25, -0.2) is 0 Å². The van der Waals surface area contributed by atoms with E-state index in [-0.39, 0.29) is 48.0 Å². The third-order valence-electron chi connectivity index (χ3n) is 6.55. The molecule has 3 aliphatic rings. The number of nitrogens with one attached hydrogen (secondary N) is 2. The molecule has 2 aliphatic carbocycles. The Morgan fingerprint density at radius 3 is 2.45 bits per heavy atom. The second-order valence-electron chi connectivity index (χ2n) is 9.01. The zero-order valence-electron chi connectivity index (χ0n) is 19.1. The number of hydrogen-bond donors (Lipinski definition) is 2. The molecule has 0 aromatic rings. The molecule has 3 rings (SSSR count). The third kappa shape index (κ3) is 8.77. The molecule has 31 heavy (non-hydrogen) atoms. The molecule has 1 amide bonds. The van der Waals surface area contributed by atoms with Gasteiger partial charge in [0, 0.05) is 44.6 Å². The Hall–Kier alpha value is -1.06. The van der Waals surface area contributed by atoms with E-state index >= 15 is 0 Å². The van der Waals surface area contributed by atoms with Crippen molar-refractivity contribution in [3.8, 4) is 0 Å². The van der Waals surface area contributed by atoms with Crippen molar-refractivity contribution >= 4 is 41.8 Å². The van der Waals surface area contributed by atoms with Crippen LogP contribution in [0.5, 0.6) is 0 Å². The Balaban J connectivity index is 0.00000341. The van der Waals surface area contributed by atoms with Crippen LogP contribution in [0.1, 0.15) is 84.0 Å². The molecule has 0 aromatic heterocycles. The molecular weight excluding hydrogens is 507 g/mol. The topological polar surface area (TPSA) is 83.0 Å². The summed E-state index contributed by atoms with van der Waals surface area (Å²) in [5, 5.41) is 6.76. The lowest BCUT2D eigenvalue weighted by Gasteiger charge is -2.26. The SMILES string of the molecule is CCNC(=NCCCC(=O)OC1CCCC1)NC1CCN(C(=O)C2CCCCC2)C1.I. The molecule has 0 aromatic carbocycles. The lowest BCUT2D eigenvalue weighted by atomic mass is 9.88. The number of esters is 1. The van der Waals surface area contributed by atoms with Crippen molar-refractivity contribution in [2.45, 2.75) is 96.1 Å². The number of nitrogens with zero attached hydrogens (tertiary/aromatic N) is 2. The minimum absolute atomic E-state index is 0. The minimum Gasteiger partial charge on any atom is -0.462 e. The Bertz CT molecular complexity index is 589. The first-order chi connectivity index (χ1) is 14.7. The maximum absolute atomic E-state index is 12.8. The Morgan fingerprint density at radius 1 is 1.03 bits per heavy atom. The van der Waals surface area contributed by atoms with Crippen LogP contribution >= 0.6 is 24.0 Å². The van der Waals surface area contributed by atoms with Crippen molar-refractivity contribution in [1.29, 1.82) is 0 Å². The van der Waals surface area contributed by atoms with Crippen molar-refractivity contribution in [3.05, 3.63) is 0 Å². The lowest BCUT2D eigenvalue weighted by molar-refractivity contribution is -0.148. The van der Waals surface area contributed by atoms with Crippen molar-refractivity contribution in [2.24, 2.45) is 10.9 Å². The highest BCUT2D eigenvalue weighted by atomic mass is 127. The normalized spacial score (nSPS) is 22.8. The van der Waals surface area contributed by atoms with Gasteiger partial charge in [-0.15, -0.1) is 24.0 Å². The molecule has 2 N–H and O–H groups in total. The van der Waals surface area contributed by atoms with Crippen molar-refractivity contribution in [2.75, 3.05) is 26.2 Å². The van der Waals surface area contributed by atoms with Crippen LogP contribution in [-0.2, 0) is 14.3 Å². The van der Waals surface area contributed by atoms with Crippen LogP contribution in [0.2, 0.25) is 0 Å². The molecule has 2 saturated carbocycles. The van der Waals surface area contributed by atoms with Crippen LogP contribution in [0.25, 0.3) is 0 Å². The van der Waals surface area contributed by atoms with E-state index in [4.69, 9.17) is 4.74 Å². The number of guanidine groups is 1. The van der Waals surface area contributed by atoms with E-state index in [1.807, 2.05) is 11.8 Å². The minimum atomic E-state index is -0.0947. The number of likely N-dealkylation sites (tertiary alicyclic amines) is 1. The molecule has 0 spiro atoms. The van der Waals surface area contributed by atoms with Crippen molar-refractivity contribution < 1.29 is 14.3 Å². The van der Waals surface area contributed by atoms with Gasteiger partial charge in [0.15, 0.2) is 5.96 Å². The maximum atomic E-state index is 12.8. The van der Waals surface area contributed by atoms with Gasteiger partial charge in [0.2, 0.25) is 5.91 Å². The van der Waals surface area contributed by atoms with E-state index in [0.717, 1.165) is 57.7 Å². The van der Waals surface area contributed by atoms with E-state index in [9.17, 15) is 9.59 Å². The Labute approximate surface area is 204 Å². The first-order valence-corrected chi connectivity index (χ1v) is 12.2. The molecule has 0 bridgehead atoms. The summed E-state index contributed by atoms with van der Waals surface area (Å²) < 4.78 is 5.50. The van der Waals surface area contributed by atoms with Gasteiger partial charge in [-0.2, -0.15) is 0 Å². The summed E-state index contributed by atoms with van der Waals surface area (Å²) in [6, 6.07) is 0.239. The highest BCUT2D eigenvalue weighted by molar-refractivity contribution is 14.0. The fourth-order valence-corrected chi connectivity index (χ4v) is 4.86. The number of aliphatic imine (C=N–C) groups is 1. The molecular formula is C23H41IN4O3. The first-order valence-electron chi connectivity index (χ1n) is 12.2. The second-order valence-corrected chi connectivity index (χ2v) is 9.01. The van der Waals surface area contributed by atoms with Gasteiger partial charge in [0.1, 0.15) is 6.10 Å². The van der Waals surface area contributed by atoms with Crippen molar-refractivity contribution in [1.82, 2.24) is 15.5 Å². The summed E-state index contributed by atoms with van der Waals surface area (Å²) in [4.78, 5) is 31.4. The van der Waals surface area contributed by atoms with Gasteiger partial charge < -0.3 is 20.3 Å². The highest BCUT2D eigenvalue weighted by Crippen LogP contribution is 2.26. The van der Waals surface area contributed by atoms with Gasteiger partial charge in [-0.05, 0) is 58.3 Å². The van der Waals surface area contributed by atoms with E-state index in [2.05, 4.69) is 15.6 Å². The number of carbonyl (C=O) groups excluding carboxylic acids is 2. The molecule has 3 fully saturated rings. The number of hydrogen-bond acceptors (Lipinski definition) is 4. The van der Waals surface area contributed by atoms with Crippen LogP contribution in [0.4, 0.5) is 0 Å². The van der Waals surface area contributed by atoms with Crippen molar-refractivity contribution in [3.63, 3.8) is 0 Å². The molecule has 8 heteroatoms. The predicted molar refractivity (Wildman–Crippen MR) is 134 cm³/mol. The molecule has 178 valence electrons. The standard InChI is InChI=1S/C23H40N4O3.HI/c1-2-24-23(25-15-8-13-21(28)30-20-11-6-7-12-20)26-19-14-16-27(17-19)22(29)18-9-4-3-5-10-18;/h18-20H,2-17H2,1H3,(H2,24,25,26);1H. The van der Waals surface area contributed by atoms with Crippen LogP contribution in [0, 0.1) is 5.92 Å². The zero-order valence-corrected chi connectivity index (χ0v) is 21.4. The summed E-state index contributed by atoms with van der Waals surface area (Å²) in [6.45, 7) is 5.01. The number of amides is 1. The second kappa shape index (κ2) is 14.2. The van der Waals surface area contributed by atoms with E-state index in [1.165, 1.54) is 32.1 Å². The largest absolute Gasteiger partial charge is 0.462 e. The fourth-order valence-electron chi connectivity index (χ4n) is 4.86. The zero-order chi connectivity index (χ0) is 21.2. The highest BCUT2D eigenvalue weighted by Gasteiger charge is 2.31. The maximum Gasteiger partial charge on any atom is 0.306 e. The molecule has 1 saturated heterocycles. The molecule has 1 atom stereocenters. The summed E-state index contributed by atoms with van der Waals surface area (Å²) in [7, 11) is 0. The van der Waals surface area contributed by atoms with Gasteiger partial charge in [0.25, 0.3) is 0 Å². The predicted octanol–water partition coefficient (Wildman–Crippen LogP) is 3.61. The summed E-state index contributed by atoms with van der Waals surface area (Å²) in [5.74, 6) is 1.27. The monoisotopic (exact) mass is 548 g/mol. The summed E-state index contributed by atoms with van der Waals surface area (Å²) in [5.41, 5.74) is 0. The average Bonchev–Trinajstić information content (AvgIpc) is 3.43. The van der Waals surface area contributed by atoms with Gasteiger partial charge in [0.05, 0.1) is 0 Å². The van der Waals surface area contributed by atoms with E-state index in [1.54, 1.807) is 0 Å². The summed E-state index contributed by atoms with van der Waals surface area (Å²) in [6.07, 6.45) is 12.4. The Kier molecular flexibility index (Phi) is 12.0. The number of rotatable bonds is 8. The summed E-state index contributed by atoms with van der Waals surface area (Å²) >= 11 is 0. The lowest BCUT2D eigenvalue weighted by Crippen LogP contribution is -2.45. The average molecular weight is 549 g/mol. The van der Waals surface area contributed by atoms with Gasteiger partial charge in [-0.3, -0.25) is 14.6 Å². The first kappa shape index (κ1) is 26.2. The molecule has 0 radical (unpaired) electrons. The van der Waals surface area contributed by atoms with Crippen LogP contribution < -0.4 is 10.6 Å². The quantitative estimate of drug-likeness (QED) is 0.159. The smallest absolute Gasteiger partial charge is 0.306 e.